The predicted octanol–water partition coefficient (Wildman–Crippen LogP) is 9.84. The molecule has 7 aromatic rings. The van der Waals surface area contributed by atoms with E-state index >= 15 is 0 Å². The van der Waals surface area contributed by atoms with E-state index in [0.29, 0.717) is 16.4 Å². The number of nitrogens with one attached hydrogen (secondary N) is 3. The van der Waals surface area contributed by atoms with E-state index < -0.39 is 17.1 Å². The maximum atomic E-state index is 13.9. The first-order valence-corrected chi connectivity index (χ1v) is 18.3. The Morgan fingerprint density at radius 2 is 1.37 bits per heavy atom. The largest absolute Gasteiger partial charge is 0.321 e. The number of thiazole rings is 1. The molecule has 254 valence electrons. The van der Waals surface area contributed by atoms with Crippen molar-refractivity contribution < 1.29 is 14.4 Å². The number of nitrogens with zero attached hydrogens (tertiary/aromatic N) is 1. The summed E-state index contributed by atoms with van der Waals surface area (Å²) in [5, 5.41) is 12.6. The van der Waals surface area contributed by atoms with Gasteiger partial charge in [0.25, 0.3) is 11.8 Å². The van der Waals surface area contributed by atoms with Crippen molar-refractivity contribution in [2.75, 3.05) is 10.6 Å². The second kappa shape index (κ2) is 16.2. The Bertz CT molecular complexity index is 2370. The van der Waals surface area contributed by atoms with Gasteiger partial charge in [0.15, 0.2) is 5.13 Å². The van der Waals surface area contributed by atoms with Crippen molar-refractivity contribution in [3.8, 4) is 11.3 Å². The highest BCUT2D eigenvalue weighted by molar-refractivity contribution is 8.00. The monoisotopic (exact) mass is 716 g/mol. The quantitative estimate of drug-likeness (QED) is 0.0915. The van der Waals surface area contributed by atoms with E-state index in [2.05, 4.69) is 20.9 Å². The SMILES string of the molecule is O=C(Nc1cccc(SC(C(=O)Nc2nc(-c3ccccc3)cs2)c2ccccc2)c1)/C(=C\c1cccc2ccccc12)NC(=O)c1ccccc1. The summed E-state index contributed by atoms with van der Waals surface area (Å²) in [6, 6.07) is 49.1. The summed E-state index contributed by atoms with van der Waals surface area (Å²) in [6.45, 7) is 0. The molecule has 0 bridgehead atoms. The van der Waals surface area contributed by atoms with Gasteiger partial charge in [-0.15, -0.1) is 23.1 Å². The minimum atomic E-state index is -0.608. The van der Waals surface area contributed by atoms with Crippen molar-refractivity contribution in [2.24, 2.45) is 0 Å². The maximum absolute atomic E-state index is 13.9. The standard InChI is InChI=1S/C43H32N4O3S2/c48-40(32-19-8-3-9-20-32)45-37(26-33-22-12-21-29-14-10-11-25-36(29)33)41(49)44-34-23-13-24-35(27-34)52-39(31-17-6-2-7-18-31)42(50)47-43-46-38(28-51-43)30-15-4-1-5-16-30/h1-28,39H,(H,44,49)(H,45,48)(H,46,47,50)/b37-26+. The molecule has 6 aromatic carbocycles. The van der Waals surface area contributed by atoms with Crippen molar-refractivity contribution in [3.63, 3.8) is 0 Å². The van der Waals surface area contributed by atoms with Gasteiger partial charge in [0.2, 0.25) is 5.91 Å². The van der Waals surface area contributed by atoms with Crippen LogP contribution in [0.2, 0.25) is 0 Å². The predicted molar refractivity (Wildman–Crippen MR) is 212 cm³/mol. The van der Waals surface area contributed by atoms with Crippen molar-refractivity contribution in [1.29, 1.82) is 0 Å². The first-order chi connectivity index (χ1) is 25.5. The molecule has 3 amide bonds. The lowest BCUT2D eigenvalue weighted by Gasteiger charge is -2.17. The number of fused-ring (bicyclic) bond motifs is 1. The topological polar surface area (TPSA) is 100 Å². The molecule has 0 aliphatic rings. The maximum Gasteiger partial charge on any atom is 0.272 e. The van der Waals surface area contributed by atoms with Crippen LogP contribution in [0.1, 0.15) is 26.7 Å². The second-order valence-corrected chi connectivity index (χ2v) is 13.8. The van der Waals surface area contributed by atoms with Crippen LogP contribution >= 0.6 is 23.1 Å². The van der Waals surface area contributed by atoms with Crippen LogP contribution in [-0.4, -0.2) is 22.7 Å². The highest BCUT2D eigenvalue weighted by atomic mass is 32.2. The lowest BCUT2D eigenvalue weighted by molar-refractivity contribution is -0.116. The Hall–Kier alpha value is -6.29. The molecule has 0 fully saturated rings. The van der Waals surface area contributed by atoms with Gasteiger partial charge in [-0.1, -0.05) is 127 Å². The molecular weight excluding hydrogens is 685 g/mol. The van der Waals surface area contributed by atoms with E-state index in [1.165, 1.54) is 23.1 Å². The summed E-state index contributed by atoms with van der Waals surface area (Å²) in [6.07, 6.45) is 1.69. The third kappa shape index (κ3) is 8.35. The second-order valence-electron chi connectivity index (χ2n) is 11.7. The fourth-order valence-electron chi connectivity index (χ4n) is 5.60. The molecule has 1 heterocycles. The van der Waals surface area contributed by atoms with Gasteiger partial charge >= 0.3 is 0 Å². The Balaban J connectivity index is 1.13. The smallest absolute Gasteiger partial charge is 0.272 e. The average Bonchev–Trinajstić information content (AvgIpc) is 3.66. The molecule has 7 nitrogen and oxygen atoms in total. The Morgan fingerprint density at radius 3 is 2.15 bits per heavy atom. The van der Waals surface area contributed by atoms with Gasteiger partial charge in [0.1, 0.15) is 10.9 Å². The first kappa shape index (κ1) is 34.2. The van der Waals surface area contributed by atoms with E-state index in [-0.39, 0.29) is 11.6 Å². The zero-order chi connectivity index (χ0) is 35.7. The summed E-state index contributed by atoms with van der Waals surface area (Å²) < 4.78 is 0. The molecule has 0 aliphatic heterocycles. The number of aromatic nitrogens is 1. The molecule has 1 unspecified atom stereocenters. The zero-order valence-corrected chi connectivity index (χ0v) is 29.4. The number of carbonyl (C=O) groups is 3. The van der Waals surface area contributed by atoms with Crippen molar-refractivity contribution in [3.05, 3.63) is 185 Å². The van der Waals surface area contributed by atoms with Crippen LogP contribution in [-0.2, 0) is 9.59 Å². The number of hydrogen-bond donors (Lipinski definition) is 3. The summed E-state index contributed by atoms with van der Waals surface area (Å²) in [5.74, 6) is -1.11. The fraction of sp³-hybridized carbons (Fsp3) is 0.0233. The van der Waals surface area contributed by atoms with Gasteiger partial charge in [0, 0.05) is 27.1 Å². The van der Waals surface area contributed by atoms with Gasteiger partial charge in [-0.25, -0.2) is 4.98 Å². The van der Waals surface area contributed by atoms with Gasteiger partial charge in [0.05, 0.1) is 5.69 Å². The lowest BCUT2D eigenvalue weighted by atomic mass is 10.0. The molecule has 0 radical (unpaired) electrons. The van der Waals surface area contributed by atoms with Gasteiger partial charge < -0.3 is 16.0 Å². The molecule has 0 spiro atoms. The minimum Gasteiger partial charge on any atom is -0.321 e. The molecule has 0 saturated carbocycles. The van der Waals surface area contributed by atoms with Crippen LogP contribution < -0.4 is 16.0 Å². The third-order valence-corrected chi connectivity index (χ3v) is 10.1. The fourth-order valence-corrected chi connectivity index (χ4v) is 7.41. The molecule has 3 N–H and O–H groups in total. The third-order valence-electron chi connectivity index (χ3n) is 8.14. The molecule has 0 saturated heterocycles. The molecule has 1 aromatic heterocycles. The van der Waals surface area contributed by atoms with Gasteiger partial charge in [-0.3, -0.25) is 14.4 Å². The summed E-state index contributed by atoms with van der Waals surface area (Å²) in [4.78, 5) is 46.4. The van der Waals surface area contributed by atoms with Crippen LogP contribution in [0.4, 0.5) is 10.8 Å². The highest BCUT2D eigenvalue weighted by Gasteiger charge is 2.24. The lowest BCUT2D eigenvalue weighted by Crippen LogP contribution is -2.30. The van der Waals surface area contributed by atoms with E-state index in [0.717, 1.165) is 38.1 Å². The van der Waals surface area contributed by atoms with E-state index in [9.17, 15) is 14.4 Å². The number of rotatable bonds is 11. The van der Waals surface area contributed by atoms with Crippen LogP contribution in [0.15, 0.2) is 174 Å². The number of carbonyl (C=O) groups excluding carboxylic acids is 3. The van der Waals surface area contributed by atoms with Crippen molar-refractivity contribution >= 4 is 68.5 Å². The average molecular weight is 717 g/mol. The first-order valence-electron chi connectivity index (χ1n) is 16.5. The number of anilines is 2. The molecule has 1 atom stereocenters. The summed E-state index contributed by atoms with van der Waals surface area (Å²) in [5.41, 5.74) is 4.40. The van der Waals surface area contributed by atoms with E-state index in [4.69, 9.17) is 0 Å². The summed E-state index contributed by atoms with van der Waals surface area (Å²) >= 11 is 2.74. The van der Waals surface area contributed by atoms with Crippen LogP contribution in [0.25, 0.3) is 28.1 Å². The molecule has 7 rings (SSSR count). The number of amides is 3. The molecule has 0 aliphatic carbocycles. The molecule has 9 heteroatoms. The van der Waals surface area contributed by atoms with Crippen LogP contribution in [0.5, 0.6) is 0 Å². The number of thioether (sulfide) groups is 1. The van der Waals surface area contributed by atoms with Crippen LogP contribution in [0.3, 0.4) is 0 Å². The number of hydrogen-bond acceptors (Lipinski definition) is 6. The van der Waals surface area contributed by atoms with Crippen molar-refractivity contribution in [1.82, 2.24) is 10.3 Å². The summed E-state index contributed by atoms with van der Waals surface area (Å²) in [7, 11) is 0. The minimum absolute atomic E-state index is 0.0862. The van der Waals surface area contributed by atoms with Crippen molar-refractivity contribution in [2.45, 2.75) is 10.1 Å². The van der Waals surface area contributed by atoms with Crippen LogP contribution in [0, 0.1) is 0 Å². The van der Waals surface area contributed by atoms with Gasteiger partial charge in [-0.05, 0) is 58.3 Å². The normalized spacial score (nSPS) is 11.8. The number of benzene rings is 6. The van der Waals surface area contributed by atoms with E-state index in [1.807, 2.05) is 133 Å². The van der Waals surface area contributed by atoms with E-state index in [1.54, 1.807) is 36.4 Å². The Kier molecular flexibility index (Phi) is 10.6. The Labute approximate surface area is 309 Å². The Morgan fingerprint density at radius 1 is 0.692 bits per heavy atom. The van der Waals surface area contributed by atoms with Gasteiger partial charge in [-0.2, -0.15) is 0 Å². The molecule has 52 heavy (non-hydrogen) atoms. The molecular formula is C43H32N4O3S2. The zero-order valence-electron chi connectivity index (χ0n) is 27.7. The highest BCUT2D eigenvalue weighted by Crippen LogP contribution is 2.38.